The van der Waals surface area contributed by atoms with Gasteiger partial charge in [0.05, 0.1) is 0 Å². The van der Waals surface area contributed by atoms with Gasteiger partial charge >= 0.3 is 0 Å². The van der Waals surface area contributed by atoms with Gasteiger partial charge in [-0.3, -0.25) is 11.3 Å². The zero-order valence-electron chi connectivity index (χ0n) is 10.1. The molecule has 0 unspecified atom stereocenters. The van der Waals surface area contributed by atoms with Gasteiger partial charge in [-0.05, 0) is 6.04 Å². The molecule has 2 saturated carbocycles. The van der Waals surface area contributed by atoms with E-state index in [-0.39, 0.29) is 29.9 Å². The largest absolute Gasteiger partial charge is 0.328 e. The molecule has 95 valence electrons. The Labute approximate surface area is 123 Å². The standard InChI is InChI=1S/C6H13N2.C6H12N.Np/c7-8-6-4-2-1-3-5-6;7-6-4-2-1-3-5-6;/h1,6,8H,2-5,7H2;1,6H,2-5,7H2;/q2*-1;. The van der Waals surface area contributed by atoms with Crippen LogP contribution in [0.2, 0.25) is 0 Å². The monoisotopic (exact) mass is 447 g/mol. The Kier molecular flexibility index (Phi) is 11.6. The molecule has 0 aromatic heterocycles. The second-order valence-corrected chi connectivity index (χ2v) is 4.51. The summed E-state index contributed by atoms with van der Waals surface area (Å²) in [6, 6.07) is 1.09. The first-order valence-electron chi connectivity index (χ1n) is 6.18. The predicted octanol–water partition coefficient (Wildman–Crippen LogP) is 1.69. The Bertz CT molecular complexity index is 143. The number of hydrazine groups is 1. The van der Waals surface area contributed by atoms with Crippen LogP contribution in [0.5, 0.6) is 0 Å². The molecule has 3 nitrogen and oxygen atoms in total. The number of nitrogens with two attached hydrogens (primary N) is 2. The van der Waals surface area contributed by atoms with Gasteiger partial charge in [-0.1, -0.05) is 25.7 Å². The SMILES string of the molecule is NC1CC[CH-]CC1.NNC1CC[CH-]CC1.[Np]. The second-order valence-electron chi connectivity index (χ2n) is 4.51. The molecule has 0 amide bonds. The molecule has 2 aliphatic rings. The van der Waals surface area contributed by atoms with E-state index >= 15 is 0 Å². The van der Waals surface area contributed by atoms with Crippen molar-refractivity contribution >= 4 is 0 Å². The Hall–Kier alpha value is 0.893. The molecule has 0 saturated heterocycles. The van der Waals surface area contributed by atoms with Crippen LogP contribution in [0.3, 0.4) is 0 Å². The third kappa shape index (κ3) is 8.05. The molecule has 0 aromatic rings. The molecule has 0 aliphatic heterocycles. The summed E-state index contributed by atoms with van der Waals surface area (Å²) in [5, 5.41) is 0. The molecule has 2 fully saturated rings. The van der Waals surface area contributed by atoms with Crippen LogP contribution < -0.4 is 17.0 Å². The molecule has 0 aromatic carbocycles. The fourth-order valence-electron chi connectivity index (χ4n) is 2.05. The minimum atomic E-state index is 0. The molecular weight excluding hydrogens is 423 g/mol. The summed E-state index contributed by atoms with van der Waals surface area (Å²) in [6.45, 7) is 0. The Morgan fingerprint density at radius 1 is 0.875 bits per heavy atom. The average molecular weight is 448 g/mol. The van der Waals surface area contributed by atoms with Crippen LogP contribution in [-0.2, 0) is 0 Å². The maximum atomic E-state index is 5.61. The predicted molar refractivity (Wildman–Crippen MR) is 64.6 cm³/mol. The van der Waals surface area contributed by atoms with E-state index in [0.717, 1.165) is 0 Å². The van der Waals surface area contributed by atoms with Crippen LogP contribution in [0.1, 0.15) is 51.4 Å². The first kappa shape index (κ1) is 16.9. The van der Waals surface area contributed by atoms with Gasteiger partial charge in [0.25, 0.3) is 0 Å². The summed E-state index contributed by atoms with van der Waals surface area (Å²) < 4.78 is 0. The number of nitrogens with one attached hydrogen (secondary N) is 1. The summed E-state index contributed by atoms with van der Waals surface area (Å²) in [7, 11) is 0. The minimum absolute atomic E-state index is 0. The van der Waals surface area contributed by atoms with Crippen molar-refractivity contribution in [2.75, 3.05) is 0 Å². The quantitative estimate of drug-likeness (QED) is 0.325. The normalized spacial score (nSPS) is 22.9. The molecule has 0 spiro atoms. The Morgan fingerprint density at radius 3 is 1.56 bits per heavy atom. The summed E-state index contributed by atoms with van der Waals surface area (Å²) in [5.74, 6) is 5.24. The zero-order chi connectivity index (χ0) is 10.9. The second kappa shape index (κ2) is 11.0. The fraction of sp³-hybridized carbons (Fsp3) is 0.833. The maximum Gasteiger partial charge on any atom is 0.0162 e. The van der Waals surface area contributed by atoms with Crippen LogP contribution in [0.4, 0.5) is 0 Å². The summed E-state index contributed by atoms with van der Waals surface area (Å²) in [4.78, 5) is 0. The van der Waals surface area contributed by atoms with E-state index in [1.807, 2.05) is 0 Å². The molecule has 2 aliphatic carbocycles. The van der Waals surface area contributed by atoms with Crippen molar-refractivity contribution in [2.24, 2.45) is 11.6 Å². The van der Waals surface area contributed by atoms with Crippen LogP contribution in [-0.4, -0.2) is 12.1 Å². The van der Waals surface area contributed by atoms with Gasteiger partial charge in [0, 0.05) is 36.0 Å². The Balaban J connectivity index is 0.000000267. The van der Waals surface area contributed by atoms with Gasteiger partial charge in [0.15, 0.2) is 0 Å². The van der Waals surface area contributed by atoms with Gasteiger partial charge in [0.2, 0.25) is 0 Å². The van der Waals surface area contributed by atoms with Gasteiger partial charge in [-0.15, -0.1) is 0 Å². The number of hydrogen-bond donors (Lipinski definition) is 3. The van der Waals surface area contributed by atoms with Crippen LogP contribution in [0, 0.1) is 42.8 Å². The first-order chi connectivity index (χ1) is 7.33. The van der Waals surface area contributed by atoms with E-state index in [0.29, 0.717) is 12.1 Å². The number of hydrogen-bond acceptors (Lipinski definition) is 3. The van der Waals surface area contributed by atoms with Crippen LogP contribution in [0.25, 0.3) is 0 Å². The molecule has 1 radical (unpaired) electrons. The molecule has 0 atom stereocenters. The third-order valence-corrected chi connectivity index (χ3v) is 3.16. The van der Waals surface area contributed by atoms with Crippen LogP contribution >= 0.6 is 0 Å². The zero-order valence-corrected chi connectivity index (χ0v) is 13.8. The van der Waals surface area contributed by atoms with Crippen molar-refractivity contribution in [1.82, 2.24) is 5.43 Å². The molecule has 4 heteroatoms. The topological polar surface area (TPSA) is 64.1 Å². The molecule has 0 bridgehead atoms. The Morgan fingerprint density at radius 2 is 1.31 bits per heavy atom. The molecule has 16 heavy (non-hydrogen) atoms. The minimum Gasteiger partial charge on any atom is -0.328 e. The van der Waals surface area contributed by atoms with Gasteiger partial charge in [-0.2, -0.15) is 25.7 Å². The fourth-order valence-corrected chi connectivity index (χ4v) is 2.05. The van der Waals surface area contributed by atoms with Crippen molar-refractivity contribution in [1.29, 1.82) is 0 Å². The molecular formula is C12H25N3Np-2. The van der Waals surface area contributed by atoms with E-state index in [1.165, 1.54) is 51.4 Å². The smallest absolute Gasteiger partial charge is 0.0162 e. The van der Waals surface area contributed by atoms with Crippen LogP contribution in [0.15, 0.2) is 0 Å². The molecule has 2 rings (SSSR count). The van der Waals surface area contributed by atoms with Crippen molar-refractivity contribution < 1.29 is 29.9 Å². The maximum absolute atomic E-state index is 5.61. The van der Waals surface area contributed by atoms with Crippen molar-refractivity contribution in [3.05, 3.63) is 12.8 Å². The summed E-state index contributed by atoms with van der Waals surface area (Å²) >= 11 is 0. The van der Waals surface area contributed by atoms with E-state index in [1.54, 1.807) is 0 Å². The van der Waals surface area contributed by atoms with E-state index in [2.05, 4.69) is 18.3 Å². The molecule has 0 heterocycles. The van der Waals surface area contributed by atoms with Gasteiger partial charge in [0.1, 0.15) is 0 Å². The van der Waals surface area contributed by atoms with Gasteiger partial charge in [-0.25, -0.2) is 0 Å². The van der Waals surface area contributed by atoms with E-state index < -0.39 is 0 Å². The first-order valence-corrected chi connectivity index (χ1v) is 6.18. The van der Waals surface area contributed by atoms with Gasteiger partial charge < -0.3 is 18.6 Å². The van der Waals surface area contributed by atoms with Crippen molar-refractivity contribution in [3.63, 3.8) is 0 Å². The molecule has 5 N–H and O–H groups in total. The third-order valence-electron chi connectivity index (χ3n) is 3.16. The summed E-state index contributed by atoms with van der Waals surface area (Å²) in [6.07, 6.45) is 14.4. The number of rotatable bonds is 1. The van der Waals surface area contributed by atoms with E-state index in [9.17, 15) is 0 Å². The van der Waals surface area contributed by atoms with E-state index in [4.69, 9.17) is 11.6 Å². The average Bonchev–Trinajstić information content (AvgIpc) is 2.32. The van der Waals surface area contributed by atoms with Crippen molar-refractivity contribution in [2.45, 2.75) is 63.5 Å². The summed E-state index contributed by atoms with van der Waals surface area (Å²) in [5.41, 5.74) is 8.40. The van der Waals surface area contributed by atoms with Crippen molar-refractivity contribution in [3.8, 4) is 0 Å².